The van der Waals surface area contributed by atoms with Crippen molar-refractivity contribution in [2.45, 2.75) is 32.2 Å². The van der Waals surface area contributed by atoms with Gasteiger partial charge < -0.3 is 15.4 Å². The minimum atomic E-state index is -0.322. The number of hydrogen-bond acceptors (Lipinski definition) is 4. The van der Waals surface area contributed by atoms with Crippen molar-refractivity contribution in [2.75, 3.05) is 19.8 Å². The summed E-state index contributed by atoms with van der Waals surface area (Å²) in [5.41, 5.74) is 0.133. The Bertz CT molecular complexity index is 316. The van der Waals surface area contributed by atoms with Gasteiger partial charge in [-0.15, -0.1) is 0 Å². The number of nitriles is 1. The lowest BCUT2D eigenvalue weighted by atomic mass is 10.3. The lowest BCUT2D eigenvalue weighted by Crippen LogP contribution is -2.27. The molecule has 1 aliphatic carbocycles. The van der Waals surface area contributed by atoms with Crippen LogP contribution in [-0.4, -0.2) is 31.7 Å². The van der Waals surface area contributed by atoms with Gasteiger partial charge in [-0.05, 0) is 26.2 Å². The predicted octanol–water partition coefficient (Wildman–Crippen LogP) is 0.689. The number of carbonyl (C=O) groups excluding carboxylic acids is 1. The quantitative estimate of drug-likeness (QED) is 0.370. The van der Waals surface area contributed by atoms with Gasteiger partial charge in [0.2, 0.25) is 0 Å². The van der Waals surface area contributed by atoms with Crippen LogP contribution in [0.4, 0.5) is 0 Å². The van der Waals surface area contributed by atoms with Crippen LogP contribution in [0.25, 0.3) is 0 Å². The van der Waals surface area contributed by atoms with Crippen molar-refractivity contribution in [3.05, 3.63) is 11.8 Å². The Hall–Kier alpha value is -1.54. The van der Waals surface area contributed by atoms with E-state index < -0.39 is 0 Å². The molecule has 0 radical (unpaired) electrons. The summed E-state index contributed by atoms with van der Waals surface area (Å²) < 4.78 is 5.15. The van der Waals surface area contributed by atoms with Gasteiger partial charge in [0.15, 0.2) is 0 Å². The summed E-state index contributed by atoms with van der Waals surface area (Å²) in [7, 11) is 0. The third-order valence-corrected chi connectivity index (χ3v) is 2.36. The first-order valence-electron chi connectivity index (χ1n) is 6.00. The molecule has 1 rings (SSSR count). The Morgan fingerprint density at radius 3 is 2.94 bits per heavy atom. The Balaban J connectivity index is 2.19. The molecule has 1 amide bonds. The second-order valence-corrected chi connectivity index (χ2v) is 3.92. The molecule has 1 fully saturated rings. The highest BCUT2D eigenvalue weighted by atomic mass is 16.5. The molecule has 5 heteroatoms. The van der Waals surface area contributed by atoms with Crippen LogP contribution in [0.2, 0.25) is 0 Å². The van der Waals surface area contributed by atoms with Crippen LogP contribution in [0.1, 0.15) is 26.2 Å². The first-order valence-corrected chi connectivity index (χ1v) is 6.00. The second-order valence-electron chi connectivity index (χ2n) is 3.92. The molecule has 2 N–H and O–H groups in total. The van der Waals surface area contributed by atoms with Crippen molar-refractivity contribution < 1.29 is 9.53 Å². The number of hydrogen-bond donors (Lipinski definition) is 2. The normalized spacial score (nSPS) is 15.2. The van der Waals surface area contributed by atoms with Crippen molar-refractivity contribution in [3.8, 4) is 6.07 Å². The van der Waals surface area contributed by atoms with E-state index in [2.05, 4.69) is 10.6 Å². The van der Waals surface area contributed by atoms with Gasteiger partial charge in [0, 0.05) is 32.0 Å². The van der Waals surface area contributed by atoms with Gasteiger partial charge in [0.25, 0.3) is 5.91 Å². The highest BCUT2D eigenvalue weighted by Gasteiger charge is 2.20. The maximum Gasteiger partial charge on any atom is 0.263 e. The standard InChI is InChI=1S/C12H19N3O2/c1-2-17-7-3-6-14-12(16)10(8-13)9-15-11-4-5-11/h9,11,15H,2-7H2,1H3,(H,14,16)/b10-9-. The number of carbonyl (C=O) groups is 1. The molecule has 0 aromatic rings. The Labute approximate surface area is 102 Å². The molecule has 0 saturated heterocycles. The summed E-state index contributed by atoms with van der Waals surface area (Å²) in [4.78, 5) is 11.6. The van der Waals surface area contributed by atoms with E-state index in [1.807, 2.05) is 13.0 Å². The molecule has 0 unspecified atom stereocenters. The van der Waals surface area contributed by atoms with Crippen LogP contribution < -0.4 is 10.6 Å². The van der Waals surface area contributed by atoms with Crippen molar-refractivity contribution in [1.29, 1.82) is 5.26 Å². The third kappa shape index (κ3) is 5.93. The maximum atomic E-state index is 11.6. The molecule has 0 spiro atoms. The van der Waals surface area contributed by atoms with E-state index in [1.54, 1.807) is 0 Å². The predicted molar refractivity (Wildman–Crippen MR) is 64.0 cm³/mol. The van der Waals surface area contributed by atoms with Crippen molar-refractivity contribution >= 4 is 5.91 Å². The van der Waals surface area contributed by atoms with Crippen LogP contribution in [0.5, 0.6) is 0 Å². The van der Waals surface area contributed by atoms with Crippen LogP contribution >= 0.6 is 0 Å². The number of nitrogens with one attached hydrogen (secondary N) is 2. The van der Waals surface area contributed by atoms with Crippen molar-refractivity contribution in [3.63, 3.8) is 0 Å². The average molecular weight is 237 g/mol. The fourth-order valence-electron chi connectivity index (χ4n) is 1.22. The van der Waals surface area contributed by atoms with E-state index in [4.69, 9.17) is 10.00 Å². The molecule has 0 bridgehead atoms. The SMILES string of the molecule is CCOCCCNC(=O)/C(C#N)=C\NC1CC1. The van der Waals surface area contributed by atoms with Gasteiger partial charge in [-0.2, -0.15) is 5.26 Å². The van der Waals surface area contributed by atoms with Crippen LogP contribution in [0.3, 0.4) is 0 Å². The zero-order valence-electron chi connectivity index (χ0n) is 10.2. The summed E-state index contributed by atoms with van der Waals surface area (Å²) in [5, 5.41) is 14.5. The molecular weight excluding hydrogens is 218 g/mol. The monoisotopic (exact) mass is 237 g/mol. The average Bonchev–Trinajstić information content (AvgIpc) is 3.13. The molecule has 5 nitrogen and oxygen atoms in total. The summed E-state index contributed by atoms with van der Waals surface area (Å²) in [6.45, 7) is 3.77. The summed E-state index contributed by atoms with van der Waals surface area (Å²) in [6, 6.07) is 2.34. The van der Waals surface area contributed by atoms with Crippen LogP contribution in [0, 0.1) is 11.3 Å². The summed E-state index contributed by atoms with van der Waals surface area (Å²) >= 11 is 0. The van der Waals surface area contributed by atoms with E-state index in [0.717, 1.165) is 19.3 Å². The molecule has 1 aliphatic rings. The zero-order chi connectivity index (χ0) is 12.5. The molecule has 17 heavy (non-hydrogen) atoms. The number of nitrogens with zero attached hydrogens (tertiary/aromatic N) is 1. The van der Waals surface area contributed by atoms with Gasteiger partial charge in [-0.1, -0.05) is 0 Å². The van der Waals surface area contributed by atoms with E-state index in [9.17, 15) is 4.79 Å². The topological polar surface area (TPSA) is 74.1 Å². The Morgan fingerprint density at radius 2 is 2.35 bits per heavy atom. The minimum Gasteiger partial charge on any atom is -0.387 e. The van der Waals surface area contributed by atoms with Gasteiger partial charge >= 0.3 is 0 Å². The van der Waals surface area contributed by atoms with Crippen LogP contribution in [-0.2, 0) is 9.53 Å². The lowest BCUT2D eigenvalue weighted by Gasteiger charge is -2.04. The largest absolute Gasteiger partial charge is 0.387 e. The van der Waals surface area contributed by atoms with E-state index in [0.29, 0.717) is 25.8 Å². The third-order valence-electron chi connectivity index (χ3n) is 2.36. The van der Waals surface area contributed by atoms with Crippen LogP contribution in [0.15, 0.2) is 11.8 Å². The van der Waals surface area contributed by atoms with Crippen molar-refractivity contribution in [2.24, 2.45) is 0 Å². The molecular formula is C12H19N3O2. The molecule has 1 saturated carbocycles. The number of amides is 1. The number of ether oxygens (including phenoxy) is 1. The second kappa shape index (κ2) is 7.69. The number of rotatable bonds is 8. The molecule has 0 aliphatic heterocycles. The Kier molecular flexibility index (Phi) is 6.12. The van der Waals surface area contributed by atoms with Gasteiger partial charge in [0.05, 0.1) is 0 Å². The highest BCUT2D eigenvalue weighted by molar-refractivity contribution is 5.97. The first-order chi connectivity index (χ1) is 8.27. The lowest BCUT2D eigenvalue weighted by molar-refractivity contribution is -0.117. The minimum absolute atomic E-state index is 0.133. The molecule has 94 valence electrons. The zero-order valence-corrected chi connectivity index (χ0v) is 10.2. The highest BCUT2D eigenvalue weighted by Crippen LogP contribution is 2.18. The fourth-order valence-corrected chi connectivity index (χ4v) is 1.22. The smallest absolute Gasteiger partial charge is 0.263 e. The summed E-state index contributed by atoms with van der Waals surface area (Å²) in [5.74, 6) is -0.322. The molecule has 0 atom stereocenters. The van der Waals surface area contributed by atoms with Gasteiger partial charge in [-0.25, -0.2) is 0 Å². The molecule has 0 aromatic heterocycles. The molecule has 0 heterocycles. The van der Waals surface area contributed by atoms with E-state index >= 15 is 0 Å². The van der Waals surface area contributed by atoms with E-state index in [-0.39, 0.29) is 11.5 Å². The van der Waals surface area contributed by atoms with Gasteiger partial charge in [-0.3, -0.25) is 4.79 Å². The van der Waals surface area contributed by atoms with Gasteiger partial charge in [0.1, 0.15) is 11.6 Å². The summed E-state index contributed by atoms with van der Waals surface area (Å²) in [6.07, 6.45) is 4.50. The maximum absolute atomic E-state index is 11.6. The Morgan fingerprint density at radius 1 is 1.59 bits per heavy atom. The van der Waals surface area contributed by atoms with E-state index in [1.165, 1.54) is 6.20 Å². The molecule has 0 aromatic carbocycles. The fraction of sp³-hybridized carbons (Fsp3) is 0.667. The first kappa shape index (κ1) is 13.5. The van der Waals surface area contributed by atoms with Crippen molar-refractivity contribution in [1.82, 2.24) is 10.6 Å².